The van der Waals surface area contributed by atoms with Crippen molar-refractivity contribution in [3.63, 3.8) is 0 Å². The third-order valence-electron chi connectivity index (χ3n) is 6.24. The van der Waals surface area contributed by atoms with Gasteiger partial charge in [0.1, 0.15) is 4.88 Å². The topological polar surface area (TPSA) is 128 Å². The molecule has 10 nitrogen and oxygen atoms in total. The average molecular weight is 550 g/mol. The fraction of sp³-hybridized carbons (Fsp3) is 0.103. The number of carbonyl (C=O) groups excluding carboxylic acids is 2. The van der Waals surface area contributed by atoms with E-state index >= 15 is 0 Å². The SMILES string of the molecule is O=C(CNc1ccc2c(c1)nc(NC(=O)c1cnc(-c3cnco3)s1)n2CCc1cccnc1)c1ccccc1. The Morgan fingerprint density at radius 2 is 1.88 bits per heavy atom. The van der Waals surface area contributed by atoms with E-state index in [4.69, 9.17) is 9.40 Å². The summed E-state index contributed by atoms with van der Waals surface area (Å²) in [4.78, 5) is 43.3. The number of ketones is 1. The zero-order chi connectivity index (χ0) is 27.3. The van der Waals surface area contributed by atoms with Crippen molar-refractivity contribution in [1.82, 2.24) is 24.5 Å². The average Bonchev–Trinajstić information content (AvgIpc) is 3.76. The van der Waals surface area contributed by atoms with Gasteiger partial charge in [0.15, 0.2) is 22.9 Å². The number of anilines is 2. The van der Waals surface area contributed by atoms with Gasteiger partial charge in [-0.05, 0) is 36.2 Å². The summed E-state index contributed by atoms with van der Waals surface area (Å²) in [5.41, 5.74) is 4.01. The summed E-state index contributed by atoms with van der Waals surface area (Å²) in [6.07, 6.45) is 8.64. The highest BCUT2D eigenvalue weighted by atomic mass is 32.1. The van der Waals surface area contributed by atoms with E-state index in [1.165, 1.54) is 23.9 Å². The standard InChI is InChI=1S/C29H23N7O3S/c37-24(20-6-2-1-3-7-20)15-32-21-8-9-23-22(13-21)34-29(36(23)12-10-19-5-4-11-30-14-19)35-27(38)26-17-33-28(40-26)25-16-31-18-39-25/h1-9,11,13-14,16-18,32H,10,12,15H2,(H,34,35,38). The molecule has 6 aromatic rings. The minimum atomic E-state index is -0.326. The lowest BCUT2D eigenvalue weighted by atomic mass is 10.1. The summed E-state index contributed by atoms with van der Waals surface area (Å²) >= 11 is 1.21. The molecule has 2 N–H and O–H groups in total. The van der Waals surface area contributed by atoms with Crippen molar-refractivity contribution in [1.29, 1.82) is 0 Å². The molecule has 2 aromatic carbocycles. The smallest absolute Gasteiger partial charge is 0.269 e. The Kier molecular flexibility index (Phi) is 7.10. The first-order valence-electron chi connectivity index (χ1n) is 12.5. The molecule has 0 aliphatic rings. The summed E-state index contributed by atoms with van der Waals surface area (Å²) in [5.74, 6) is 0.576. The van der Waals surface area contributed by atoms with Gasteiger partial charge >= 0.3 is 0 Å². The maximum absolute atomic E-state index is 13.2. The normalized spacial score (nSPS) is 11.0. The summed E-state index contributed by atoms with van der Waals surface area (Å²) in [5, 5.41) is 6.70. The number of benzene rings is 2. The van der Waals surface area contributed by atoms with Gasteiger partial charge in [-0.3, -0.25) is 19.9 Å². The molecular weight excluding hydrogens is 526 g/mol. The lowest BCUT2D eigenvalue weighted by Gasteiger charge is -2.10. The molecule has 1 amide bonds. The van der Waals surface area contributed by atoms with Crippen molar-refractivity contribution in [2.45, 2.75) is 13.0 Å². The van der Waals surface area contributed by atoms with Gasteiger partial charge in [0.05, 0.1) is 30.0 Å². The van der Waals surface area contributed by atoms with Gasteiger partial charge in [0, 0.05) is 30.2 Å². The molecule has 0 atom stereocenters. The van der Waals surface area contributed by atoms with E-state index in [2.05, 4.69) is 25.6 Å². The van der Waals surface area contributed by atoms with Crippen LogP contribution in [0, 0.1) is 0 Å². The molecule has 198 valence electrons. The Hall–Kier alpha value is -5.16. The first-order chi connectivity index (χ1) is 19.6. The van der Waals surface area contributed by atoms with Crippen LogP contribution in [0.3, 0.4) is 0 Å². The molecule has 0 fully saturated rings. The van der Waals surface area contributed by atoms with Crippen LogP contribution >= 0.6 is 11.3 Å². The van der Waals surface area contributed by atoms with Crippen molar-refractivity contribution < 1.29 is 14.0 Å². The second-order valence-corrected chi connectivity index (χ2v) is 9.92. The number of hydrogen-bond donors (Lipinski definition) is 2. The van der Waals surface area contributed by atoms with E-state index in [1.54, 1.807) is 24.5 Å². The van der Waals surface area contributed by atoms with Crippen molar-refractivity contribution >= 4 is 45.7 Å². The molecule has 11 heteroatoms. The summed E-state index contributed by atoms with van der Waals surface area (Å²) < 4.78 is 7.26. The third kappa shape index (κ3) is 5.49. The lowest BCUT2D eigenvalue weighted by molar-refractivity contribution is 0.100. The zero-order valence-corrected chi connectivity index (χ0v) is 22.0. The number of hydrogen-bond acceptors (Lipinski definition) is 9. The van der Waals surface area contributed by atoms with Gasteiger partial charge in [-0.25, -0.2) is 15.0 Å². The van der Waals surface area contributed by atoms with Crippen LogP contribution in [-0.2, 0) is 13.0 Å². The number of nitrogens with one attached hydrogen (secondary N) is 2. The number of imidazole rings is 1. The van der Waals surface area contributed by atoms with Gasteiger partial charge < -0.3 is 14.3 Å². The van der Waals surface area contributed by atoms with Gasteiger partial charge in [-0.2, -0.15) is 0 Å². The number of oxazole rings is 1. The van der Waals surface area contributed by atoms with E-state index in [0.29, 0.717) is 45.6 Å². The van der Waals surface area contributed by atoms with Crippen LogP contribution in [0.15, 0.2) is 96.3 Å². The van der Waals surface area contributed by atoms with Crippen LogP contribution in [0.2, 0.25) is 0 Å². The van der Waals surface area contributed by atoms with Gasteiger partial charge in [-0.1, -0.05) is 36.4 Å². The molecule has 6 rings (SSSR count). The predicted molar refractivity (Wildman–Crippen MR) is 153 cm³/mol. The molecule has 4 heterocycles. The molecule has 0 spiro atoms. The van der Waals surface area contributed by atoms with Crippen LogP contribution in [0.4, 0.5) is 11.6 Å². The van der Waals surface area contributed by atoms with Crippen molar-refractivity contribution in [2.75, 3.05) is 17.2 Å². The van der Waals surface area contributed by atoms with Crippen LogP contribution in [0.5, 0.6) is 0 Å². The largest absolute Gasteiger partial charge is 0.441 e. The fourth-order valence-corrected chi connectivity index (χ4v) is 5.00. The number of aryl methyl sites for hydroxylation is 2. The van der Waals surface area contributed by atoms with Crippen molar-refractivity contribution in [2.24, 2.45) is 0 Å². The Morgan fingerprint density at radius 1 is 0.975 bits per heavy atom. The van der Waals surface area contributed by atoms with Crippen LogP contribution < -0.4 is 10.6 Å². The Bertz CT molecular complexity index is 1760. The molecule has 4 aromatic heterocycles. The Labute approximate surface area is 232 Å². The highest BCUT2D eigenvalue weighted by Gasteiger charge is 2.18. The lowest BCUT2D eigenvalue weighted by Crippen LogP contribution is -2.15. The number of carbonyl (C=O) groups is 2. The van der Waals surface area contributed by atoms with E-state index in [9.17, 15) is 9.59 Å². The summed E-state index contributed by atoms with van der Waals surface area (Å²) in [6.45, 7) is 0.725. The first kappa shape index (κ1) is 25.1. The van der Waals surface area contributed by atoms with E-state index in [1.807, 2.05) is 59.3 Å². The van der Waals surface area contributed by atoms with Crippen molar-refractivity contribution in [3.05, 3.63) is 108 Å². The quantitative estimate of drug-likeness (QED) is 0.219. The minimum absolute atomic E-state index is 0.00935. The van der Waals surface area contributed by atoms with Crippen LogP contribution in [0.1, 0.15) is 25.6 Å². The number of fused-ring (bicyclic) bond motifs is 1. The van der Waals surface area contributed by atoms with Crippen LogP contribution in [0.25, 0.3) is 21.8 Å². The van der Waals surface area contributed by atoms with Crippen molar-refractivity contribution in [3.8, 4) is 10.8 Å². The third-order valence-corrected chi connectivity index (χ3v) is 7.25. The molecular formula is C29H23N7O3S. The molecule has 0 aliphatic carbocycles. The molecule has 0 unspecified atom stereocenters. The number of rotatable bonds is 10. The highest BCUT2D eigenvalue weighted by Crippen LogP contribution is 2.27. The fourth-order valence-electron chi connectivity index (χ4n) is 4.23. The van der Waals surface area contributed by atoms with E-state index in [0.717, 1.165) is 16.8 Å². The number of amides is 1. The summed E-state index contributed by atoms with van der Waals surface area (Å²) in [7, 11) is 0. The number of aromatic nitrogens is 5. The van der Waals surface area contributed by atoms with Gasteiger partial charge in [-0.15, -0.1) is 11.3 Å². The van der Waals surface area contributed by atoms with E-state index in [-0.39, 0.29) is 18.2 Å². The molecule has 0 bridgehead atoms. The van der Waals surface area contributed by atoms with E-state index < -0.39 is 0 Å². The molecule has 0 saturated heterocycles. The second kappa shape index (κ2) is 11.3. The number of nitrogens with zero attached hydrogens (tertiary/aromatic N) is 5. The predicted octanol–water partition coefficient (Wildman–Crippen LogP) is 5.33. The summed E-state index contributed by atoms with van der Waals surface area (Å²) in [6, 6.07) is 18.8. The second-order valence-electron chi connectivity index (χ2n) is 8.89. The zero-order valence-electron chi connectivity index (χ0n) is 21.2. The molecule has 0 saturated carbocycles. The molecule has 40 heavy (non-hydrogen) atoms. The van der Waals surface area contributed by atoms with Crippen LogP contribution in [-0.4, -0.2) is 42.7 Å². The maximum atomic E-state index is 13.2. The highest BCUT2D eigenvalue weighted by molar-refractivity contribution is 7.16. The number of thiazole rings is 1. The maximum Gasteiger partial charge on any atom is 0.269 e. The number of pyridine rings is 1. The molecule has 0 radical (unpaired) electrons. The monoisotopic (exact) mass is 549 g/mol. The van der Waals surface area contributed by atoms with Gasteiger partial charge in [0.2, 0.25) is 5.95 Å². The number of Topliss-reactive ketones (excluding diaryl/α,β-unsaturated/α-hetero) is 1. The minimum Gasteiger partial charge on any atom is -0.441 e. The Morgan fingerprint density at radius 3 is 2.67 bits per heavy atom. The molecule has 0 aliphatic heterocycles. The Balaban J connectivity index is 1.25. The van der Waals surface area contributed by atoms with Gasteiger partial charge in [0.25, 0.3) is 5.91 Å². The first-order valence-corrected chi connectivity index (χ1v) is 13.3.